The van der Waals surface area contributed by atoms with E-state index in [1.54, 1.807) is 12.1 Å². The van der Waals surface area contributed by atoms with Crippen LogP contribution in [-0.4, -0.2) is 30.8 Å². The van der Waals surface area contributed by atoms with Crippen molar-refractivity contribution >= 4 is 23.3 Å². The molecule has 0 fully saturated rings. The van der Waals surface area contributed by atoms with Crippen molar-refractivity contribution in [1.29, 1.82) is 0 Å². The van der Waals surface area contributed by atoms with E-state index in [1.807, 2.05) is 0 Å². The third-order valence-corrected chi connectivity index (χ3v) is 5.17. The van der Waals surface area contributed by atoms with Gasteiger partial charge < -0.3 is 25.4 Å². The van der Waals surface area contributed by atoms with Crippen LogP contribution in [0.2, 0.25) is 0 Å². The molecule has 0 bridgehead atoms. The van der Waals surface area contributed by atoms with Crippen LogP contribution in [0.3, 0.4) is 0 Å². The lowest BCUT2D eigenvalue weighted by Gasteiger charge is -2.38. The number of ether oxygens (including phenoxy) is 2. The molecule has 0 radical (unpaired) electrons. The van der Waals surface area contributed by atoms with Crippen LogP contribution in [0.1, 0.15) is 30.5 Å². The number of fused-ring (bicyclic) bond motifs is 2. The quantitative estimate of drug-likeness (QED) is 0.601. The highest BCUT2D eigenvalue weighted by atomic mass is 19.4. The number of anilines is 2. The summed E-state index contributed by atoms with van der Waals surface area (Å²) < 4.78 is 63.6. The zero-order valence-corrected chi connectivity index (χ0v) is 16.8. The largest absolute Gasteiger partial charge is 0.484 e. The molecule has 0 aromatic heterocycles. The van der Waals surface area contributed by atoms with Crippen LogP contribution >= 0.6 is 0 Å². The van der Waals surface area contributed by atoms with Gasteiger partial charge in [0.2, 0.25) is 0 Å². The normalized spacial score (nSPS) is 21.9. The van der Waals surface area contributed by atoms with Crippen molar-refractivity contribution in [2.45, 2.75) is 31.2 Å². The van der Waals surface area contributed by atoms with Gasteiger partial charge in [0, 0.05) is 17.7 Å². The van der Waals surface area contributed by atoms with Gasteiger partial charge in [0.15, 0.2) is 6.61 Å². The highest BCUT2D eigenvalue weighted by Crippen LogP contribution is 2.43. The Kier molecular flexibility index (Phi) is 5.35. The number of rotatable bonds is 3. The molecule has 0 saturated heterocycles. The van der Waals surface area contributed by atoms with Crippen LogP contribution in [0, 0.1) is 0 Å². The third kappa shape index (κ3) is 4.41. The first-order chi connectivity index (χ1) is 15.1. The maximum atomic E-state index is 13.6. The van der Waals surface area contributed by atoms with E-state index in [9.17, 15) is 27.2 Å². The average molecular weight is 453 g/mol. The molecule has 11 heteroatoms. The van der Waals surface area contributed by atoms with Crippen LogP contribution in [0.25, 0.3) is 0 Å². The number of alkyl halides is 4. The predicted molar refractivity (Wildman–Crippen MR) is 107 cm³/mol. The van der Waals surface area contributed by atoms with Crippen LogP contribution in [0.5, 0.6) is 11.5 Å². The molecule has 4 rings (SSSR count). The Balaban J connectivity index is 1.54. The lowest BCUT2D eigenvalue weighted by Crippen LogP contribution is -2.45. The lowest BCUT2D eigenvalue weighted by molar-refractivity contribution is -0.137. The van der Waals surface area contributed by atoms with Gasteiger partial charge in [-0.05, 0) is 37.3 Å². The van der Waals surface area contributed by atoms with Crippen LogP contribution in [0.15, 0.2) is 36.4 Å². The number of benzene rings is 2. The molecule has 3 N–H and O–H groups in total. The molecule has 0 aliphatic carbocycles. The number of hydrogen-bond acceptors (Lipinski definition) is 4. The van der Waals surface area contributed by atoms with E-state index in [2.05, 4.69) is 16.0 Å². The topological polar surface area (TPSA) is 88.7 Å². The minimum atomic E-state index is -4.59. The minimum absolute atomic E-state index is 0.0172. The average Bonchev–Trinajstić information content (AvgIpc) is 2.72. The second-order valence-electron chi connectivity index (χ2n) is 7.84. The first-order valence-corrected chi connectivity index (χ1v) is 9.67. The summed E-state index contributed by atoms with van der Waals surface area (Å²) in [6, 6.07) is 6.11. The van der Waals surface area contributed by atoms with Crippen molar-refractivity contribution in [2.24, 2.45) is 0 Å². The Bertz CT molecular complexity index is 1080. The molecule has 0 spiro atoms. The summed E-state index contributed by atoms with van der Waals surface area (Å²) >= 11 is 0. The SMILES string of the molecule is C[C@]1(CF)C[C@@H](NC(=O)Nc2ccc3c(c2)NC(=O)CO3)c2ccc(C(F)(F)F)cc2O1. The summed E-state index contributed by atoms with van der Waals surface area (Å²) in [6.45, 7) is 0.370. The molecule has 32 heavy (non-hydrogen) atoms. The van der Waals surface area contributed by atoms with Gasteiger partial charge >= 0.3 is 12.2 Å². The number of carbonyl (C=O) groups is 2. The smallest absolute Gasteiger partial charge is 0.416 e. The molecule has 2 aromatic carbocycles. The summed E-state index contributed by atoms with van der Waals surface area (Å²) in [4.78, 5) is 24.1. The Morgan fingerprint density at radius 2 is 2.00 bits per heavy atom. The number of hydrogen-bond donors (Lipinski definition) is 3. The molecule has 2 atom stereocenters. The first-order valence-electron chi connectivity index (χ1n) is 9.67. The van der Waals surface area contributed by atoms with E-state index < -0.39 is 36.1 Å². The molecular weight excluding hydrogens is 434 g/mol. The molecular formula is C21H19F4N3O4. The van der Waals surface area contributed by atoms with Gasteiger partial charge in [-0.25, -0.2) is 9.18 Å². The van der Waals surface area contributed by atoms with Crippen molar-refractivity contribution in [2.75, 3.05) is 23.9 Å². The van der Waals surface area contributed by atoms with Gasteiger partial charge in [-0.2, -0.15) is 13.2 Å². The van der Waals surface area contributed by atoms with Gasteiger partial charge in [-0.1, -0.05) is 6.07 Å². The number of urea groups is 1. The van der Waals surface area contributed by atoms with E-state index in [4.69, 9.17) is 9.47 Å². The molecule has 2 aliphatic rings. The first kappa shape index (κ1) is 21.7. The standard InChI is InChI=1S/C21H19F4N3O4/c1-20(10-22)8-15(13-4-2-11(21(23,24)25)6-17(13)32-20)28-19(30)26-12-3-5-16-14(7-12)27-18(29)9-31-16/h2-7,15H,8-10H2,1H3,(H,27,29)(H2,26,28,30)/t15-,20-/m1/s1. The summed E-state index contributed by atoms with van der Waals surface area (Å²) in [5.41, 5.74) is -1.28. The monoisotopic (exact) mass is 453 g/mol. The highest BCUT2D eigenvalue weighted by molar-refractivity contribution is 5.97. The van der Waals surface area contributed by atoms with Crippen molar-refractivity contribution in [3.63, 3.8) is 0 Å². The maximum Gasteiger partial charge on any atom is 0.416 e. The van der Waals surface area contributed by atoms with E-state index >= 15 is 0 Å². The summed E-state index contributed by atoms with van der Waals surface area (Å²) in [7, 11) is 0. The predicted octanol–water partition coefficient (Wildman–Crippen LogP) is 4.41. The number of nitrogens with one attached hydrogen (secondary N) is 3. The van der Waals surface area contributed by atoms with Crippen LogP contribution < -0.4 is 25.4 Å². The number of carbonyl (C=O) groups excluding carboxylic acids is 2. The van der Waals surface area contributed by atoms with Crippen molar-refractivity contribution < 1.29 is 36.6 Å². The Hall–Kier alpha value is -3.50. The van der Waals surface area contributed by atoms with E-state index in [1.165, 1.54) is 19.1 Å². The van der Waals surface area contributed by atoms with Crippen molar-refractivity contribution in [3.8, 4) is 11.5 Å². The molecule has 170 valence electrons. The molecule has 0 saturated carbocycles. The second-order valence-corrected chi connectivity index (χ2v) is 7.84. The fourth-order valence-corrected chi connectivity index (χ4v) is 3.63. The van der Waals surface area contributed by atoms with Gasteiger partial charge in [0.1, 0.15) is 23.8 Å². The zero-order valence-electron chi connectivity index (χ0n) is 16.8. The number of halogens is 4. The molecule has 2 heterocycles. The fourth-order valence-electron chi connectivity index (χ4n) is 3.63. The summed E-state index contributed by atoms with van der Waals surface area (Å²) in [5.74, 6) is -0.0140. The lowest BCUT2D eigenvalue weighted by atomic mass is 9.88. The van der Waals surface area contributed by atoms with Crippen molar-refractivity contribution in [3.05, 3.63) is 47.5 Å². The third-order valence-electron chi connectivity index (χ3n) is 5.17. The summed E-state index contributed by atoms with van der Waals surface area (Å²) in [6.07, 6.45) is -4.57. The van der Waals surface area contributed by atoms with E-state index in [-0.39, 0.29) is 24.7 Å². The van der Waals surface area contributed by atoms with Crippen LogP contribution in [0.4, 0.5) is 33.7 Å². The van der Waals surface area contributed by atoms with E-state index in [0.717, 1.165) is 12.1 Å². The molecule has 3 amide bonds. The van der Waals surface area contributed by atoms with Gasteiger partial charge in [-0.3, -0.25) is 4.79 Å². The second kappa shape index (κ2) is 7.88. The van der Waals surface area contributed by atoms with Gasteiger partial charge in [0.05, 0.1) is 17.3 Å². The maximum absolute atomic E-state index is 13.6. The van der Waals surface area contributed by atoms with Crippen LogP contribution in [-0.2, 0) is 11.0 Å². The minimum Gasteiger partial charge on any atom is -0.484 e. The Morgan fingerprint density at radius 1 is 1.22 bits per heavy atom. The van der Waals surface area contributed by atoms with Gasteiger partial charge in [0.25, 0.3) is 5.91 Å². The number of amides is 3. The molecule has 2 aliphatic heterocycles. The summed E-state index contributed by atoms with van der Waals surface area (Å²) in [5, 5.41) is 7.88. The Labute approximate surface area is 180 Å². The highest BCUT2D eigenvalue weighted by Gasteiger charge is 2.40. The molecule has 0 unspecified atom stereocenters. The van der Waals surface area contributed by atoms with E-state index in [0.29, 0.717) is 22.7 Å². The molecule has 7 nitrogen and oxygen atoms in total. The Morgan fingerprint density at radius 3 is 2.72 bits per heavy atom. The fraction of sp³-hybridized carbons (Fsp3) is 0.333. The van der Waals surface area contributed by atoms with Gasteiger partial charge in [-0.15, -0.1) is 0 Å². The molecule has 2 aromatic rings. The van der Waals surface area contributed by atoms with Crippen molar-refractivity contribution in [1.82, 2.24) is 5.32 Å². The zero-order chi connectivity index (χ0) is 23.1.